The summed E-state index contributed by atoms with van der Waals surface area (Å²) in [7, 11) is -3.73. The second-order valence-corrected chi connectivity index (χ2v) is 5.92. The van der Waals surface area contributed by atoms with Crippen molar-refractivity contribution in [3.05, 3.63) is 23.8 Å². The summed E-state index contributed by atoms with van der Waals surface area (Å²) in [5.74, 6) is 0.519. The van der Waals surface area contributed by atoms with Gasteiger partial charge < -0.3 is 9.64 Å². The fraction of sp³-hybridized carbons (Fsp3) is 0.462. The topological polar surface area (TPSA) is 59.0 Å². The molecule has 0 aliphatic carbocycles. The number of fused-ring (bicyclic) bond motifs is 1. The van der Waals surface area contributed by atoms with E-state index >= 15 is 0 Å². The van der Waals surface area contributed by atoms with Gasteiger partial charge in [-0.15, -0.1) is 4.40 Å². The number of amidine groups is 1. The van der Waals surface area contributed by atoms with Crippen LogP contribution in [0, 0.1) is 0 Å². The first kappa shape index (κ1) is 14.8. The minimum Gasteiger partial charge on any atom is -0.460 e. The van der Waals surface area contributed by atoms with Gasteiger partial charge in [-0.1, -0.05) is 6.07 Å². The quantitative estimate of drug-likeness (QED) is 0.855. The lowest BCUT2D eigenvalue weighted by atomic mass is 10.1. The number of sulfonamides is 1. The molecule has 110 valence electrons. The Labute approximate surface area is 118 Å². The van der Waals surface area contributed by atoms with Crippen molar-refractivity contribution in [2.24, 2.45) is 4.40 Å². The van der Waals surface area contributed by atoms with Crippen molar-refractivity contribution >= 4 is 15.9 Å². The highest BCUT2D eigenvalue weighted by Gasteiger charge is 2.34. The molecule has 0 saturated heterocycles. The van der Waals surface area contributed by atoms with E-state index in [-0.39, 0.29) is 10.6 Å². The molecule has 1 atom stereocenters. The van der Waals surface area contributed by atoms with Crippen LogP contribution in [0.25, 0.3) is 0 Å². The maximum absolute atomic E-state index is 13.1. The molecule has 0 spiro atoms. The molecule has 2 rings (SSSR count). The average molecular weight is 300 g/mol. The Hall–Kier alpha value is -1.63. The Morgan fingerprint density at radius 3 is 2.55 bits per heavy atom. The van der Waals surface area contributed by atoms with Crippen LogP contribution in [-0.2, 0) is 10.0 Å². The van der Waals surface area contributed by atoms with Crippen LogP contribution in [0.2, 0.25) is 0 Å². The normalized spacial score (nSPS) is 17.3. The summed E-state index contributed by atoms with van der Waals surface area (Å²) in [5.41, 5.74) is 0.348. The third kappa shape index (κ3) is 2.49. The molecule has 0 fully saturated rings. The van der Waals surface area contributed by atoms with Crippen molar-refractivity contribution in [1.82, 2.24) is 4.90 Å². The van der Waals surface area contributed by atoms with E-state index < -0.39 is 16.4 Å². The Morgan fingerprint density at radius 2 is 2.00 bits per heavy atom. The minimum absolute atomic E-state index is 0.0672. The molecule has 20 heavy (non-hydrogen) atoms. The second kappa shape index (κ2) is 5.40. The van der Waals surface area contributed by atoms with Gasteiger partial charge in [0.2, 0.25) is 6.36 Å². The third-order valence-corrected chi connectivity index (χ3v) is 4.36. The molecular weight excluding hydrogens is 283 g/mol. The highest BCUT2D eigenvalue weighted by molar-refractivity contribution is 7.90. The monoisotopic (exact) mass is 300 g/mol. The predicted molar refractivity (Wildman–Crippen MR) is 74.3 cm³/mol. The summed E-state index contributed by atoms with van der Waals surface area (Å²) < 4.78 is 46.2. The molecular formula is C13H17FN2O3S. The summed E-state index contributed by atoms with van der Waals surface area (Å²) in [5, 5.41) is 0. The van der Waals surface area contributed by atoms with Gasteiger partial charge in [-0.05, 0) is 26.0 Å². The van der Waals surface area contributed by atoms with Gasteiger partial charge in [0.25, 0.3) is 10.0 Å². The molecule has 0 aromatic heterocycles. The zero-order valence-corrected chi connectivity index (χ0v) is 12.4. The lowest BCUT2D eigenvalue weighted by Gasteiger charge is -2.22. The van der Waals surface area contributed by atoms with Crippen molar-refractivity contribution in [1.29, 1.82) is 0 Å². The number of hydrogen-bond acceptors (Lipinski definition) is 4. The first-order valence-electron chi connectivity index (χ1n) is 6.44. The van der Waals surface area contributed by atoms with Crippen molar-refractivity contribution in [3.63, 3.8) is 0 Å². The molecule has 1 heterocycles. The van der Waals surface area contributed by atoms with Crippen molar-refractivity contribution in [2.75, 3.05) is 13.1 Å². The number of alkyl halides is 1. The lowest BCUT2D eigenvalue weighted by molar-refractivity contribution is 0.0854. The van der Waals surface area contributed by atoms with E-state index in [1.807, 2.05) is 13.8 Å². The van der Waals surface area contributed by atoms with Crippen LogP contribution >= 0.6 is 0 Å². The molecule has 0 saturated carbocycles. The van der Waals surface area contributed by atoms with E-state index in [0.717, 1.165) is 0 Å². The fourth-order valence-corrected chi connectivity index (χ4v) is 3.40. The van der Waals surface area contributed by atoms with Crippen LogP contribution in [0.15, 0.2) is 27.5 Å². The van der Waals surface area contributed by atoms with E-state index in [4.69, 9.17) is 4.74 Å². The molecule has 0 bridgehead atoms. The fourth-order valence-electron chi connectivity index (χ4n) is 2.17. The molecule has 7 heteroatoms. The van der Waals surface area contributed by atoms with Crippen molar-refractivity contribution < 1.29 is 17.5 Å². The summed E-state index contributed by atoms with van der Waals surface area (Å²) in [6.45, 7) is 6.25. The van der Waals surface area contributed by atoms with Gasteiger partial charge in [-0.2, -0.15) is 8.42 Å². The first-order chi connectivity index (χ1) is 9.40. The van der Waals surface area contributed by atoms with E-state index in [2.05, 4.69) is 4.40 Å². The lowest BCUT2D eigenvalue weighted by Crippen LogP contribution is -2.30. The number of benzene rings is 1. The summed E-state index contributed by atoms with van der Waals surface area (Å²) in [6.07, 6.45) is -1.53. The largest absolute Gasteiger partial charge is 0.460 e. The van der Waals surface area contributed by atoms with Gasteiger partial charge >= 0.3 is 0 Å². The van der Waals surface area contributed by atoms with Crippen molar-refractivity contribution in [3.8, 4) is 5.75 Å². The van der Waals surface area contributed by atoms with E-state index in [9.17, 15) is 12.8 Å². The third-order valence-electron chi connectivity index (χ3n) is 3.05. The van der Waals surface area contributed by atoms with Gasteiger partial charge in [0.15, 0.2) is 5.84 Å². The molecule has 1 aromatic carbocycles. The molecule has 0 radical (unpaired) electrons. The van der Waals surface area contributed by atoms with Crippen LogP contribution in [-0.4, -0.2) is 38.6 Å². The second-order valence-electron chi connectivity index (χ2n) is 4.35. The highest BCUT2D eigenvalue weighted by Crippen LogP contribution is 2.35. The number of ether oxygens (including phenoxy) is 1. The zero-order valence-electron chi connectivity index (χ0n) is 11.6. The number of halogens is 1. The molecule has 1 aromatic rings. The first-order valence-corrected chi connectivity index (χ1v) is 7.88. The number of rotatable bonds is 4. The van der Waals surface area contributed by atoms with Crippen LogP contribution in [0.1, 0.15) is 26.3 Å². The maximum Gasteiger partial charge on any atom is 0.285 e. The Balaban J connectivity index is 2.62. The Bertz CT molecular complexity index is 637. The minimum atomic E-state index is -3.73. The standard InChI is InChI=1S/C13H17FN2O3S/c1-4-16(5-2)13-12-10(19-9(3)14)7-6-8-11(12)20(17,18)15-13/h6-9H,4-5H2,1-3H3. The SMILES string of the molecule is CCN(CC)C1=NS(=O)(=O)c2cccc(OC(C)F)c21. The summed E-state index contributed by atoms with van der Waals surface area (Å²) in [4.78, 5) is 1.87. The Kier molecular flexibility index (Phi) is 3.99. The van der Waals surface area contributed by atoms with Gasteiger partial charge in [-0.3, -0.25) is 0 Å². The predicted octanol–water partition coefficient (Wildman–Crippen LogP) is 2.17. The molecule has 0 amide bonds. The smallest absolute Gasteiger partial charge is 0.285 e. The van der Waals surface area contributed by atoms with Crippen molar-refractivity contribution in [2.45, 2.75) is 32.0 Å². The summed E-state index contributed by atoms with van der Waals surface area (Å²) in [6, 6.07) is 4.53. The molecule has 5 nitrogen and oxygen atoms in total. The van der Waals surface area contributed by atoms with Crippen LogP contribution < -0.4 is 4.74 Å². The van der Waals surface area contributed by atoms with Crippen LogP contribution in [0.5, 0.6) is 5.75 Å². The Morgan fingerprint density at radius 1 is 1.35 bits per heavy atom. The van der Waals surface area contributed by atoms with Crippen LogP contribution in [0.3, 0.4) is 0 Å². The van der Waals surface area contributed by atoms with E-state index in [1.54, 1.807) is 11.0 Å². The average Bonchev–Trinajstić information content (AvgIpc) is 2.64. The summed E-state index contributed by atoms with van der Waals surface area (Å²) >= 11 is 0. The molecule has 0 N–H and O–H groups in total. The molecule has 1 aliphatic rings. The molecule has 1 aliphatic heterocycles. The van der Waals surface area contributed by atoms with Gasteiger partial charge in [-0.25, -0.2) is 4.39 Å². The number of nitrogens with zero attached hydrogens (tertiary/aromatic N) is 2. The van der Waals surface area contributed by atoms with E-state index in [1.165, 1.54) is 19.1 Å². The maximum atomic E-state index is 13.1. The zero-order chi connectivity index (χ0) is 14.9. The number of hydrogen-bond donors (Lipinski definition) is 0. The highest BCUT2D eigenvalue weighted by atomic mass is 32.2. The van der Waals surface area contributed by atoms with Gasteiger partial charge in [0, 0.05) is 20.0 Å². The van der Waals surface area contributed by atoms with Gasteiger partial charge in [0.1, 0.15) is 10.6 Å². The van der Waals surface area contributed by atoms with E-state index in [0.29, 0.717) is 24.5 Å². The molecule has 1 unspecified atom stereocenters. The van der Waals surface area contributed by atoms with Crippen LogP contribution in [0.4, 0.5) is 4.39 Å². The van der Waals surface area contributed by atoms with Gasteiger partial charge in [0.05, 0.1) is 5.56 Å².